The zero-order valence-electron chi connectivity index (χ0n) is 11.4. The van der Waals surface area contributed by atoms with Gasteiger partial charge in [-0.25, -0.2) is 15.0 Å². The molecule has 0 aliphatic rings. The number of nitrogens with one attached hydrogen (secondary N) is 1. The van der Waals surface area contributed by atoms with Crippen molar-refractivity contribution in [1.29, 1.82) is 0 Å². The molecule has 5 nitrogen and oxygen atoms in total. The van der Waals surface area contributed by atoms with E-state index in [1.54, 1.807) is 6.20 Å². The lowest BCUT2D eigenvalue weighted by atomic mass is 10.2. The molecule has 0 radical (unpaired) electrons. The Morgan fingerprint density at radius 1 is 1.10 bits per heavy atom. The minimum Gasteiger partial charge on any atom is -0.373 e. The molecule has 0 bridgehead atoms. The molecule has 2 aromatic heterocycles. The summed E-state index contributed by atoms with van der Waals surface area (Å²) in [5.41, 5.74) is 1.79. The monoisotopic (exact) mass is 265 g/mol. The van der Waals surface area contributed by atoms with Crippen molar-refractivity contribution in [2.75, 3.05) is 12.4 Å². The van der Waals surface area contributed by atoms with Crippen molar-refractivity contribution in [3.05, 3.63) is 48.8 Å². The first-order valence-corrected chi connectivity index (χ1v) is 6.38. The molecule has 1 aromatic carbocycles. The van der Waals surface area contributed by atoms with Crippen LogP contribution < -0.4 is 5.32 Å². The molecule has 0 saturated heterocycles. The molecule has 0 spiro atoms. The molecule has 3 aromatic rings. The summed E-state index contributed by atoms with van der Waals surface area (Å²) >= 11 is 0. The lowest BCUT2D eigenvalue weighted by molar-refractivity contribution is 0.916. The fraction of sp³-hybridized carbons (Fsp3) is 0.133. The van der Waals surface area contributed by atoms with Crippen LogP contribution >= 0.6 is 0 Å². The maximum absolute atomic E-state index is 4.62. The summed E-state index contributed by atoms with van der Waals surface area (Å²) in [4.78, 5) is 13.5. The third-order valence-corrected chi connectivity index (χ3v) is 3.06. The van der Waals surface area contributed by atoms with Gasteiger partial charge in [-0.2, -0.15) is 0 Å². The van der Waals surface area contributed by atoms with Crippen LogP contribution in [0.3, 0.4) is 0 Å². The number of aryl methyl sites for hydroxylation is 1. The van der Waals surface area contributed by atoms with Crippen LogP contribution in [0, 0.1) is 0 Å². The maximum Gasteiger partial charge on any atom is 0.162 e. The molecule has 0 saturated carbocycles. The molecule has 0 aliphatic heterocycles. The van der Waals surface area contributed by atoms with Crippen LogP contribution in [0.5, 0.6) is 0 Å². The van der Waals surface area contributed by atoms with Gasteiger partial charge in [-0.05, 0) is 0 Å². The highest BCUT2D eigenvalue weighted by atomic mass is 15.1. The third kappa shape index (κ3) is 2.25. The van der Waals surface area contributed by atoms with Crippen LogP contribution in [0.4, 0.5) is 5.82 Å². The van der Waals surface area contributed by atoms with Crippen molar-refractivity contribution >= 4 is 5.82 Å². The standard InChI is InChI=1S/C15H15N5/c1-16-13-10-12(15-17-8-9-20(15)2)18-14(19-13)11-6-4-3-5-7-11/h3-10H,1-2H3,(H,16,18,19). The topological polar surface area (TPSA) is 55.6 Å². The van der Waals surface area contributed by atoms with E-state index in [4.69, 9.17) is 0 Å². The fourth-order valence-electron chi connectivity index (χ4n) is 2.02. The molecular formula is C15H15N5. The second kappa shape index (κ2) is 5.13. The lowest BCUT2D eigenvalue weighted by Gasteiger charge is -2.08. The summed E-state index contributed by atoms with van der Waals surface area (Å²) in [6.45, 7) is 0. The molecule has 0 fully saturated rings. The molecule has 2 heterocycles. The molecule has 0 amide bonds. The van der Waals surface area contributed by atoms with E-state index in [1.807, 2.05) is 61.3 Å². The van der Waals surface area contributed by atoms with E-state index >= 15 is 0 Å². The van der Waals surface area contributed by atoms with Crippen LogP contribution in [-0.4, -0.2) is 26.6 Å². The van der Waals surface area contributed by atoms with E-state index in [0.717, 1.165) is 22.9 Å². The van der Waals surface area contributed by atoms with Crippen molar-refractivity contribution in [1.82, 2.24) is 19.5 Å². The van der Waals surface area contributed by atoms with Crippen molar-refractivity contribution in [3.63, 3.8) is 0 Å². The number of imidazole rings is 1. The Kier molecular flexibility index (Phi) is 3.16. The summed E-state index contributed by atoms with van der Waals surface area (Å²) in [7, 11) is 3.80. The van der Waals surface area contributed by atoms with Crippen LogP contribution in [-0.2, 0) is 7.05 Å². The van der Waals surface area contributed by atoms with E-state index in [-0.39, 0.29) is 0 Å². The van der Waals surface area contributed by atoms with E-state index < -0.39 is 0 Å². The van der Waals surface area contributed by atoms with Gasteiger partial charge in [0, 0.05) is 38.1 Å². The SMILES string of the molecule is CNc1cc(-c2nccn2C)nc(-c2ccccc2)n1. The van der Waals surface area contributed by atoms with Crippen LogP contribution in [0.2, 0.25) is 0 Å². The summed E-state index contributed by atoms with van der Waals surface area (Å²) in [6, 6.07) is 11.8. The first-order chi connectivity index (χ1) is 9.78. The molecule has 0 unspecified atom stereocenters. The number of nitrogens with zero attached hydrogens (tertiary/aromatic N) is 4. The second-order valence-corrected chi connectivity index (χ2v) is 4.44. The number of anilines is 1. The van der Waals surface area contributed by atoms with E-state index in [1.165, 1.54) is 0 Å². The van der Waals surface area contributed by atoms with Gasteiger partial charge in [-0.1, -0.05) is 30.3 Å². The van der Waals surface area contributed by atoms with Crippen LogP contribution in [0.1, 0.15) is 0 Å². The average Bonchev–Trinajstić information content (AvgIpc) is 2.94. The van der Waals surface area contributed by atoms with Crippen LogP contribution in [0.15, 0.2) is 48.8 Å². The van der Waals surface area contributed by atoms with Crippen molar-refractivity contribution in [2.45, 2.75) is 0 Å². The van der Waals surface area contributed by atoms with Gasteiger partial charge in [0.25, 0.3) is 0 Å². The average molecular weight is 265 g/mol. The highest BCUT2D eigenvalue weighted by Gasteiger charge is 2.10. The Bertz CT molecular complexity index is 718. The van der Waals surface area contributed by atoms with E-state index in [9.17, 15) is 0 Å². The van der Waals surface area contributed by atoms with Gasteiger partial charge < -0.3 is 9.88 Å². The molecule has 5 heteroatoms. The van der Waals surface area contributed by atoms with Crippen molar-refractivity contribution in [3.8, 4) is 22.9 Å². The summed E-state index contributed by atoms with van der Waals surface area (Å²) in [5, 5.41) is 3.07. The predicted octanol–water partition coefficient (Wildman–Crippen LogP) is 2.59. The summed E-state index contributed by atoms with van der Waals surface area (Å²) < 4.78 is 1.94. The van der Waals surface area contributed by atoms with Crippen LogP contribution in [0.25, 0.3) is 22.9 Å². The number of rotatable bonds is 3. The minimum absolute atomic E-state index is 0.690. The molecular weight excluding hydrogens is 250 g/mol. The fourth-order valence-corrected chi connectivity index (χ4v) is 2.02. The van der Waals surface area contributed by atoms with Gasteiger partial charge in [0.1, 0.15) is 11.5 Å². The maximum atomic E-state index is 4.62. The van der Waals surface area contributed by atoms with E-state index in [0.29, 0.717) is 5.82 Å². The molecule has 0 atom stereocenters. The molecule has 1 N–H and O–H groups in total. The van der Waals surface area contributed by atoms with Crippen molar-refractivity contribution < 1.29 is 0 Å². The minimum atomic E-state index is 0.690. The second-order valence-electron chi connectivity index (χ2n) is 4.44. The molecule has 3 rings (SSSR count). The van der Waals surface area contributed by atoms with Gasteiger partial charge in [-0.3, -0.25) is 0 Å². The predicted molar refractivity (Wildman–Crippen MR) is 79.2 cm³/mol. The molecule has 100 valence electrons. The molecule has 0 aliphatic carbocycles. The molecule has 20 heavy (non-hydrogen) atoms. The van der Waals surface area contributed by atoms with Crippen molar-refractivity contribution in [2.24, 2.45) is 7.05 Å². The largest absolute Gasteiger partial charge is 0.373 e. The first-order valence-electron chi connectivity index (χ1n) is 6.38. The highest BCUT2D eigenvalue weighted by Crippen LogP contribution is 2.22. The quantitative estimate of drug-likeness (QED) is 0.791. The third-order valence-electron chi connectivity index (χ3n) is 3.06. The highest BCUT2D eigenvalue weighted by molar-refractivity contribution is 5.63. The van der Waals surface area contributed by atoms with Gasteiger partial charge >= 0.3 is 0 Å². The summed E-state index contributed by atoms with van der Waals surface area (Å²) in [6.07, 6.45) is 3.66. The number of hydrogen-bond donors (Lipinski definition) is 1. The van der Waals surface area contributed by atoms with Gasteiger partial charge in [-0.15, -0.1) is 0 Å². The Hall–Kier alpha value is -2.69. The Balaban J connectivity index is 2.15. The van der Waals surface area contributed by atoms with E-state index in [2.05, 4.69) is 20.3 Å². The van der Waals surface area contributed by atoms with Gasteiger partial charge in [0.2, 0.25) is 0 Å². The number of benzene rings is 1. The zero-order chi connectivity index (χ0) is 13.9. The number of hydrogen-bond acceptors (Lipinski definition) is 4. The lowest BCUT2D eigenvalue weighted by Crippen LogP contribution is -2.01. The first kappa shape index (κ1) is 12.3. The van der Waals surface area contributed by atoms with Gasteiger partial charge in [0.15, 0.2) is 11.6 Å². The van der Waals surface area contributed by atoms with Gasteiger partial charge in [0.05, 0.1) is 0 Å². The Morgan fingerprint density at radius 2 is 1.90 bits per heavy atom. The summed E-state index contributed by atoms with van der Waals surface area (Å²) in [5.74, 6) is 2.29. The smallest absolute Gasteiger partial charge is 0.162 e. The zero-order valence-corrected chi connectivity index (χ0v) is 11.4. The Morgan fingerprint density at radius 3 is 2.55 bits per heavy atom. The normalized spacial score (nSPS) is 10.5. The number of aromatic nitrogens is 4. The Labute approximate surface area is 117 Å².